The third-order valence-corrected chi connectivity index (χ3v) is 5.37. The zero-order valence-corrected chi connectivity index (χ0v) is 19.4. The van der Waals surface area contributed by atoms with Gasteiger partial charge in [-0.15, -0.1) is 0 Å². The van der Waals surface area contributed by atoms with Gasteiger partial charge in [-0.2, -0.15) is 0 Å². The minimum Gasteiger partial charge on any atom is -0.481 e. The van der Waals surface area contributed by atoms with Crippen molar-refractivity contribution in [2.24, 2.45) is 28.1 Å². The molecule has 1 aliphatic rings. The van der Waals surface area contributed by atoms with Crippen molar-refractivity contribution in [2.45, 2.75) is 70.1 Å². The fourth-order valence-corrected chi connectivity index (χ4v) is 3.58. The number of amides is 3. The van der Waals surface area contributed by atoms with Gasteiger partial charge in [-0.25, -0.2) is 4.79 Å². The van der Waals surface area contributed by atoms with E-state index in [-0.39, 0.29) is 18.9 Å². The molecule has 0 saturated carbocycles. The van der Waals surface area contributed by atoms with Crippen LogP contribution >= 0.6 is 0 Å². The highest BCUT2D eigenvalue weighted by molar-refractivity contribution is 5.95. The number of nitrogens with zero attached hydrogens (tertiary/aromatic N) is 2. The van der Waals surface area contributed by atoms with E-state index in [0.717, 1.165) is 0 Å². The Morgan fingerprint density at radius 3 is 2.29 bits per heavy atom. The molecule has 1 fully saturated rings. The molecule has 3 amide bonds. The van der Waals surface area contributed by atoms with Crippen molar-refractivity contribution in [1.29, 1.82) is 0 Å². The number of carboxylic acids is 2. The minimum absolute atomic E-state index is 0.0702. The quantitative estimate of drug-likeness (QED) is 0.0823. The van der Waals surface area contributed by atoms with Crippen LogP contribution in [0.2, 0.25) is 0 Å². The number of hydrogen-bond donors (Lipinski definition) is 7. The molecular weight excluding hydrogens is 450 g/mol. The van der Waals surface area contributed by atoms with E-state index in [1.165, 1.54) is 4.90 Å². The first-order valence-corrected chi connectivity index (χ1v) is 11.0. The van der Waals surface area contributed by atoms with Crippen LogP contribution in [0.4, 0.5) is 0 Å². The maximum atomic E-state index is 12.9. The summed E-state index contributed by atoms with van der Waals surface area (Å²) in [6.45, 7) is 3.73. The van der Waals surface area contributed by atoms with Crippen LogP contribution in [0.3, 0.4) is 0 Å². The van der Waals surface area contributed by atoms with Crippen molar-refractivity contribution in [1.82, 2.24) is 15.5 Å². The van der Waals surface area contributed by atoms with E-state index in [9.17, 15) is 29.1 Å². The maximum absolute atomic E-state index is 12.9. The van der Waals surface area contributed by atoms with Crippen LogP contribution in [-0.2, 0) is 24.0 Å². The fraction of sp³-hybridized carbons (Fsp3) is 0.700. The summed E-state index contributed by atoms with van der Waals surface area (Å²) in [5.41, 5.74) is 16.5. The molecule has 0 aromatic carbocycles. The van der Waals surface area contributed by atoms with Crippen LogP contribution in [-0.4, -0.2) is 88.0 Å². The smallest absolute Gasteiger partial charge is 0.326 e. The standard InChI is InChI=1S/C20H35N7O7/c1-10(2)15(19(33)34)26-16(30)12(9-14(28)29)25-17(31)13-6-4-8-27(13)18(32)11(21)5-3-7-24-20(22)23/h10-13,15H,3-9,21H2,1-2H3,(H,25,31)(H,26,30)(H,28,29)(H,33,34)(H4,22,23,24)/t11-,12-,13-,15-/m0/s1. The zero-order valence-electron chi connectivity index (χ0n) is 19.4. The lowest BCUT2D eigenvalue weighted by Crippen LogP contribution is -2.57. The summed E-state index contributed by atoms with van der Waals surface area (Å²) < 4.78 is 0. The van der Waals surface area contributed by atoms with Crippen LogP contribution in [0.5, 0.6) is 0 Å². The van der Waals surface area contributed by atoms with Crippen LogP contribution in [0.25, 0.3) is 0 Å². The summed E-state index contributed by atoms with van der Waals surface area (Å²) >= 11 is 0. The molecule has 0 unspecified atom stereocenters. The van der Waals surface area contributed by atoms with E-state index in [1.807, 2.05) is 0 Å². The van der Waals surface area contributed by atoms with Gasteiger partial charge in [0.1, 0.15) is 18.1 Å². The summed E-state index contributed by atoms with van der Waals surface area (Å²) in [5, 5.41) is 23.0. The number of carbonyl (C=O) groups is 5. The molecule has 10 N–H and O–H groups in total. The van der Waals surface area contributed by atoms with Crippen molar-refractivity contribution in [3.05, 3.63) is 0 Å². The third kappa shape index (κ3) is 8.84. The molecule has 0 bridgehead atoms. The topological polar surface area (TPSA) is 244 Å². The monoisotopic (exact) mass is 485 g/mol. The van der Waals surface area contributed by atoms with Crippen LogP contribution in [0, 0.1) is 5.92 Å². The van der Waals surface area contributed by atoms with Gasteiger partial charge in [0, 0.05) is 13.1 Å². The van der Waals surface area contributed by atoms with Gasteiger partial charge in [0.25, 0.3) is 0 Å². The lowest BCUT2D eigenvalue weighted by atomic mass is 10.0. The van der Waals surface area contributed by atoms with E-state index in [1.54, 1.807) is 13.8 Å². The third-order valence-electron chi connectivity index (χ3n) is 5.37. The van der Waals surface area contributed by atoms with Crippen molar-refractivity contribution >= 4 is 35.6 Å². The van der Waals surface area contributed by atoms with Gasteiger partial charge >= 0.3 is 11.9 Å². The van der Waals surface area contributed by atoms with E-state index >= 15 is 0 Å². The molecule has 0 aliphatic carbocycles. The summed E-state index contributed by atoms with van der Waals surface area (Å²) in [5.74, 6) is -5.30. The molecule has 4 atom stereocenters. The van der Waals surface area contributed by atoms with Crippen molar-refractivity contribution in [3.63, 3.8) is 0 Å². The Hall–Kier alpha value is -3.42. The second kappa shape index (κ2) is 13.3. The SMILES string of the molecule is CC(C)[C@H](NC(=O)[C@H](CC(=O)O)NC(=O)[C@@H]1CCCN1C(=O)[C@@H](N)CCCN=C(N)N)C(=O)O. The van der Waals surface area contributed by atoms with E-state index in [4.69, 9.17) is 22.3 Å². The maximum Gasteiger partial charge on any atom is 0.326 e. The largest absolute Gasteiger partial charge is 0.481 e. The molecular formula is C20H35N7O7. The van der Waals surface area contributed by atoms with Crippen LogP contribution in [0.15, 0.2) is 4.99 Å². The average molecular weight is 486 g/mol. The number of likely N-dealkylation sites (tertiary alicyclic amines) is 1. The molecule has 34 heavy (non-hydrogen) atoms. The zero-order chi connectivity index (χ0) is 26.0. The predicted molar refractivity (Wildman–Crippen MR) is 121 cm³/mol. The van der Waals surface area contributed by atoms with E-state index in [0.29, 0.717) is 25.8 Å². The molecule has 1 saturated heterocycles. The van der Waals surface area contributed by atoms with Gasteiger partial charge in [-0.1, -0.05) is 13.8 Å². The van der Waals surface area contributed by atoms with Gasteiger partial charge in [0.05, 0.1) is 12.5 Å². The van der Waals surface area contributed by atoms with E-state index < -0.39 is 66.2 Å². The number of aliphatic imine (C=N–C) groups is 1. The van der Waals surface area contributed by atoms with E-state index in [2.05, 4.69) is 15.6 Å². The van der Waals surface area contributed by atoms with Crippen LogP contribution < -0.4 is 27.8 Å². The molecule has 0 aromatic heterocycles. The first kappa shape index (κ1) is 28.6. The minimum atomic E-state index is -1.52. The van der Waals surface area contributed by atoms with Gasteiger partial charge in [0.2, 0.25) is 17.7 Å². The van der Waals surface area contributed by atoms with Crippen LogP contribution in [0.1, 0.15) is 46.0 Å². The lowest BCUT2D eigenvalue weighted by Gasteiger charge is -2.28. The molecule has 14 nitrogen and oxygen atoms in total. The number of hydrogen-bond acceptors (Lipinski definition) is 7. The Morgan fingerprint density at radius 1 is 1.12 bits per heavy atom. The highest BCUT2D eigenvalue weighted by Gasteiger charge is 2.38. The molecule has 1 aliphatic heterocycles. The summed E-state index contributed by atoms with van der Waals surface area (Å²) in [4.78, 5) is 66.0. The summed E-state index contributed by atoms with van der Waals surface area (Å²) in [6, 6.07) is -4.59. The summed E-state index contributed by atoms with van der Waals surface area (Å²) in [7, 11) is 0. The molecule has 14 heteroatoms. The van der Waals surface area contributed by atoms with Gasteiger partial charge in [-0.3, -0.25) is 24.2 Å². The van der Waals surface area contributed by atoms with Crippen molar-refractivity contribution < 1.29 is 34.2 Å². The normalized spacial score (nSPS) is 18.0. The molecule has 1 rings (SSSR count). The fourth-order valence-electron chi connectivity index (χ4n) is 3.58. The number of aliphatic carboxylic acids is 2. The number of rotatable bonds is 13. The van der Waals surface area contributed by atoms with Gasteiger partial charge < -0.3 is 42.9 Å². The molecule has 1 heterocycles. The molecule has 192 valence electrons. The number of carbonyl (C=O) groups excluding carboxylic acids is 3. The van der Waals surface area contributed by atoms with Gasteiger partial charge in [-0.05, 0) is 31.6 Å². The number of nitrogens with one attached hydrogen (secondary N) is 2. The molecule has 0 radical (unpaired) electrons. The Labute approximate surface area is 197 Å². The Kier molecular flexibility index (Phi) is 11.2. The summed E-state index contributed by atoms with van der Waals surface area (Å²) in [6.07, 6.45) is 0.818. The molecule has 0 spiro atoms. The second-order valence-corrected chi connectivity index (χ2v) is 8.47. The number of guanidine groups is 1. The Balaban J connectivity index is 2.85. The molecule has 0 aromatic rings. The predicted octanol–water partition coefficient (Wildman–Crippen LogP) is -2.46. The highest BCUT2D eigenvalue weighted by atomic mass is 16.4. The van der Waals surface area contributed by atoms with Crippen molar-refractivity contribution in [3.8, 4) is 0 Å². The highest BCUT2D eigenvalue weighted by Crippen LogP contribution is 2.19. The lowest BCUT2D eigenvalue weighted by molar-refractivity contribution is -0.145. The second-order valence-electron chi connectivity index (χ2n) is 8.47. The Bertz CT molecular complexity index is 798. The van der Waals surface area contributed by atoms with Gasteiger partial charge in [0.15, 0.2) is 5.96 Å². The first-order chi connectivity index (χ1) is 15.8. The Morgan fingerprint density at radius 2 is 1.76 bits per heavy atom. The first-order valence-electron chi connectivity index (χ1n) is 11.0. The average Bonchev–Trinajstić information content (AvgIpc) is 3.22. The number of carboxylic acid groups (broad SMARTS) is 2. The van der Waals surface area contributed by atoms with Crippen molar-refractivity contribution in [2.75, 3.05) is 13.1 Å². The number of nitrogens with two attached hydrogens (primary N) is 3.